The van der Waals surface area contributed by atoms with Crippen LogP contribution in [0.4, 0.5) is 0 Å². The largest absolute Gasteiger partial charge is 0.492 e. The lowest BCUT2D eigenvalue weighted by molar-refractivity contribution is 0.183. The lowest BCUT2D eigenvalue weighted by Crippen LogP contribution is -2.33. The van der Waals surface area contributed by atoms with Crippen molar-refractivity contribution in [2.24, 2.45) is 0 Å². The third-order valence-corrected chi connectivity index (χ3v) is 6.48. The highest BCUT2D eigenvalue weighted by Gasteiger charge is 2.23. The second kappa shape index (κ2) is 9.20. The predicted molar refractivity (Wildman–Crippen MR) is 121 cm³/mol. The predicted octanol–water partition coefficient (Wildman–Crippen LogP) is 2.52. The average Bonchev–Trinajstić information content (AvgIpc) is 3.35. The molecule has 5 rings (SSSR count). The fraction of sp³-hybridized carbons (Fsp3) is 0.522. The molecule has 1 saturated carbocycles. The van der Waals surface area contributed by atoms with E-state index >= 15 is 0 Å². The molecule has 0 spiro atoms. The number of nitrogens with zero attached hydrogens (tertiary/aromatic N) is 5. The molecule has 9 heteroatoms. The quantitative estimate of drug-likeness (QED) is 0.633. The van der Waals surface area contributed by atoms with Crippen LogP contribution in [0.1, 0.15) is 51.0 Å². The summed E-state index contributed by atoms with van der Waals surface area (Å²) in [5, 5.41) is 8.46. The highest BCUT2D eigenvalue weighted by atomic mass is 16.5. The fourth-order valence-corrected chi connectivity index (χ4v) is 4.75. The van der Waals surface area contributed by atoms with Crippen molar-refractivity contribution >= 4 is 11.2 Å². The van der Waals surface area contributed by atoms with Gasteiger partial charge in [0.25, 0.3) is 5.56 Å². The van der Waals surface area contributed by atoms with Gasteiger partial charge < -0.3 is 4.74 Å². The maximum Gasteiger partial charge on any atom is 0.330 e. The SMILES string of the molecule is O=c1[nH]c(=O)n(C2CCCC2)c2nnc(-c3ccc(OCCN4CCCCC4)cc3)nc12. The third kappa shape index (κ3) is 4.29. The highest BCUT2D eigenvalue weighted by molar-refractivity contribution is 5.71. The van der Waals surface area contributed by atoms with Crippen LogP contribution in [0.3, 0.4) is 0 Å². The van der Waals surface area contributed by atoms with Crippen molar-refractivity contribution < 1.29 is 4.74 Å². The summed E-state index contributed by atoms with van der Waals surface area (Å²) in [5.41, 5.74) is 0.161. The standard InChI is InChI=1S/C23H28N6O3/c30-22-19-21(29(23(31)25-22)17-6-2-3-7-17)27-26-20(24-19)16-8-10-18(11-9-16)32-15-14-28-12-4-1-5-13-28/h8-11,17H,1-7,12-15H2,(H,25,30,31). The molecule has 0 unspecified atom stereocenters. The number of likely N-dealkylation sites (tertiary alicyclic amines) is 1. The smallest absolute Gasteiger partial charge is 0.330 e. The second-order valence-corrected chi connectivity index (χ2v) is 8.65. The second-order valence-electron chi connectivity index (χ2n) is 8.65. The summed E-state index contributed by atoms with van der Waals surface area (Å²) in [6.07, 6.45) is 7.77. The molecule has 0 bridgehead atoms. The molecule has 1 aliphatic heterocycles. The minimum absolute atomic E-state index is 0.0326. The van der Waals surface area contributed by atoms with E-state index in [1.165, 1.54) is 19.3 Å². The molecule has 0 atom stereocenters. The van der Waals surface area contributed by atoms with Crippen molar-refractivity contribution in [1.82, 2.24) is 29.6 Å². The fourth-order valence-electron chi connectivity index (χ4n) is 4.75. The molecular formula is C23H28N6O3. The topological polar surface area (TPSA) is 106 Å². The number of piperidine rings is 1. The van der Waals surface area contributed by atoms with E-state index in [1.54, 1.807) is 4.57 Å². The van der Waals surface area contributed by atoms with E-state index in [0.29, 0.717) is 12.4 Å². The molecule has 1 aromatic carbocycles. The summed E-state index contributed by atoms with van der Waals surface area (Å²) in [4.78, 5) is 34.1. The van der Waals surface area contributed by atoms with Gasteiger partial charge in [0, 0.05) is 18.2 Å². The third-order valence-electron chi connectivity index (χ3n) is 6.48. The highest BCUT2D eigenvalue weighted by Crippen LogP contribution is 2.29. The van der Waals surface area contributed by atoms with Gasteiger partial charge >= 0.3 is 5.69 Å². The van der Waals surface area contributed by atoms with Gasteiger partial charge in [-0.2, -0.15) is 0 Å². The Balaban J connectivity index is 1.34. The van der Waals surface area contributed by atoms with E-state index in [0.717, 1.165) is 56.6 Å². The van der Waals surface area contributed by atoms with E-state index < -0.39 is 11.2 Å². The molecule has 0 radical (unpaired) electrons. The van der Waals surface area contributed by atoms with E-state index in [1.807, 2.05) is 24.3 Å². The normalized spacial score (nSPS) is 17.8. The number of benzene rings is 1. The number of hydrogen-bond donors (Lipinski definition) is 1. The van der Waals surface area contributed by atoms with Crippen LogP contribution in [-0.4, -0.2) is 55.9 Å². The molecule has 0 amide bonds. The van der Waals surface area contributed by atoms with Gasteiger partial charge in [0.05, 0.1) is 0 Å². The average molecular weight is 437 g/mol. The number of aromatic nitrogens is 5. The zero-order valence-electron chi connectivity index (χ0n) is 18.1. The van der Waals surface area contributed by atoms with Gasteiger partial charge in [-0.3, -0.25) is 19.2 Å². The Bertz CT molecular complexity index is 1190. The Morgan fingerprint density at radius 3 is 2.47 bits per heavy atom. The van der Waals surface area contributed by atoms with E-state index in [-0.39, 0.29) is 17.2 Å². The number of H-pyrrole nitrogens is 1. The van der Waals surface area contributed by atoms with Gasteiger partial charge in [0.2, 0.25) is 0 Å². The summed E-state index contributed by atoms with van der Waals surface area (Å²) >= 11 is 0. The summed E-state index contributed by atoms with van der Waals surface area (Å²) in [5.74, 6) is 1.13. The van der Waals surface area contributed by atoms with Gasteiger partial charge in [-0.25, -0.2) is 9.78 Å². The molecule has 32 heavy (non-hydrogen) atoms. The lowest BCUT2D eigenvalue weighted by atomic mass is 10.1. The van der Waals surface area contributed by atoms with Gasteiger partial charge in [-0.05, 0) is 63.0 Å². The number of hydrogen-bond acceptors (Lipinski definition) is 7. The summed E-state index contributed by atoms with van der Waals surface area (Å²) in [6, 6.07) is 7.51. The van der Waals surface area contributed by atoms with Crippen LogP contribution in [-0.2, 0) is 0 Å². The van der Waals surface area contributed by atoms with Crippen molar-refractivity contribution in [1.29, 1.82) is 0 Å². The van der Waals surface area contributed by atoms with Crippen molar-refractivity contribution in [3.8, 4) is 17.1 Å². The first-order chi connectivity index (χ1) is 15.7. The zero-order valence-corrected chi connectivity index (χ0v) is 18.1. The van der Waals surface area contributed by atoms with Gasteiger partial charge in [0.15, 0.2) is 17.0 Å². The number of ether oxygens (including phenoxy) is 1. The van der Waals surface area contributed by atoms with E-state index in [9.17, 15) is 9.59 Å². The monoisotopic (exact) mass is 436 g/mol. The molecule has 2 aromatic heterocycles. The zero-order chi connectivity index (χ0) is 21.9. The molecule has 168 valence electrons. The van der Waals surface area contributed by atoms with Crippen molar-refractivity contribution in [3.63, 3.8) is 0 Å². The van der Waals surface area contributed by atoms with Crippen molar-refractivity contribution in [2.75, 3.05) is 26.2 Å². The maximum absolute atomic E-state index is 12.4. The summed E-state index contributed by atoms with van der Waals surface area (Å²) in [6.45, 7) is 3.90. The molecule has 2 aliphatic rings. The molecule has 9 nitrogen and oxygen atoms in total. The molecule has 2 fully saturated rings. The number of rotatable bonds is 6. The summed E-state index contributed by atoms with van der Waals surface area (Å²) < 4.78 is 7.43. The van der Waals surface area contributed by atoms with Crippen LogP contribution in [0, 0.1) is 0 Å². The summed E-state index contributed by atoms with van der Waals surface area (Å²) in [7, 11) is 0. The van der Waals surface area contributed by atoms with Crippen LogP contribution >= 0.6 is 0 Å². The first-order valence-electron chi connectivity index (χ1n) is 11.5. The van der Waals surface area contributed by atoms with Gasteiger partial charge in [-0.1, -0.05) is 19.3 Å². The molecule has 1 saturated heterocycles. The number of fused-ring (bicyclic) bond motifs is 1. The molecule has 3 heterocycles. The Morgan fingerprint density at radius 1 is 0.969 bits per heavy atom. The van der Waals surface area contributed by atoms with E-state index in [2.05, 4.69) is 25.1 Å². The first kappa shape index (κ1) is 20.8. The minimum atomic E-state index is -0.534. The minimum Gasteiger partial charge on any atom is -0.492 e. The van der Waals surface area contributed by atoms with Crippen molar-refractivity contribution in [3.05, 3.63) is 45.1 Å². The van der Waals surface area contributed by atoms with Crippen LogP contribution < -0.4 is 16.0 Å². The number of aromatic amines is 1. The van der Waals surface area contributed by atoms with Gasteiger partial charge in [0.1, 0.15) is 12.4 Å². The Hall–Kier alpha value is -3.07. The van der Waals surface area contributed by atoms with Crippen molar-refractivity contribution in [2.45, 2.75) is 51.0 Å². The molecule has 1 N–H and O–H groups in total. The van der Waals surface area contributed by atoms with Crippen LogP contribution in [0.25, 0.3) is 22.6 Å². The maximum atomic E-state index is 12.4. The first-order valence-corrected chi connectivity index (χ1v) is 11.5. The number of nitrogens with one attached hydrogen (secondary N) is 1. The Kier molecular flexibility index (Phi) is 5.98. The molecule has 3 aromatic rings. The van der Waals surface area contributed by atoms with Crippen LogP contribution in [0.5, 0.6) is 5.75 Å². The van der Waals surface area contributed by atoms with Gasteiger partial charge in [-0.15, -0.1) is 10.2 Å². The lowest BCUT2D eigenvalue weighted by Gasteiger charge is -2.26. The molecular weight excluding hydrogens is 408 g/mol. The Morgan fingerprint density at radius 2 is 1.72 bits per heavy atom. The molecule has 1 aliphatic carbocycles. The van der Waals surface area contributed by atoms with Crippen LogP contribution in [0.15, 0.2) is 33.9 Å². The van der Waals surface area contributed by atoms with E-state index in [4.69, 9.17) is 4.74 Å². The Labute approximate surface area is 185 Å². The van der Waals surface area contributed by atoms with Crippen LogP contribution in [0.2, 0.25) is 0 Å².